The maximum Gasteiger partial charge on any atom is 0.224 e. The summed E-state index contributed by atoms with van der Waals surface area (Å²) in [6.45, 7) is 4.59. The number of benzene rings is 1. The second kappa shape index (κ2) is 8.08. The van der Waals surface area contributed by atoms with E-state index in [4.69, 9.17) is 16.3 Å². The third kappa shape index (κ3) is 4.14. The molecule has 2 aliphatic heterocycles. The average Bonchev–Trinajstić information content (AvgIpc) is 2.93. The summed E-state index contributed by atoms with van der Waals surface area (Å²) in [5.74, 6) is 2.46. The van der Waals surface area contributed by atoms with Crippen LogP contribution in [-0.2, 0) is 4.79 Å². The summed E-state index contributed by atoms with van der Waals surface area (Å²) in [5.41, 5.74) is 0.828. The lowest BCUT2D eigenvalue weighted by molar-refractivity contribution is -0.130. The molecule has 2 fully saturated rings. The molecule has 2 aliphatic rings. The lowest BCUT2D eigenvalue weighted by atomic mass is 9.92. The van der Waals surface area contributed by atoms with Crippen molar-refractivity contribution < 1.29 is 9.53 Å². The number of carbonyl (C=O) groups excluding carboxylic acids is 1. The Balaban J connectivity index is 1.48. The van der Waals surface area contributed by atoms with Crippen LogP contribution < -0.4 is 15.4 Å². The molecule has 1 aromatic carbocycles. The zero-order chi connectivity index (χ0) is 16.9. The molecule has 1 aromatic rings. The van der Waals surface area contributed by atoms with E-state index in [2.05, 4.69) is 10.6 Å². The predicted octanol–water partition coefficient (Wildman–Crippen LogP) is 2.61. The van der Waals surface area contributed by atoms with E-state index < -0.39 is 0 Å². The minimum atomic E-state index is 0.233. The number of amides is 1. The summed E-state index contributed by atoms with van der Waals surface area (Å²) in [4.78, 5) is 14.5. The van der Waals surface area contributed by atoms with Crippen LogP contribution in [0.2, 0.25) is 5.02 Å². The molecule has 1 amide bonds. The Morgan fingerprint density at radius 2 is 2.04 bits per heavy atom. The van der Waals surface area contributed by atoms with Crippen LogP contribution in [0.3, 0.4) is 0 Å². The second-order valence-electron chi connectivity index (χ2n) is 6.66. The number of methoxy groups -OCH3 is 1. The van der Waals surface area contributed by atoms with Gasteiger partial charge in [-0.25, -0.2) is 0 Å². The third-order valence-corrected chi connectivity index (χ3v) is 5.42. The number of hydrogen-bond acceptors (Lipinski definition) is 4. The van der Waals surface area contributed by atoms with Crippen molar-refractivity contribution in [3.05, 3.63) is 23.2 Å². The topological polar surface area (TPSA) is 53.6 Å². The van der Waals surface area contributed by atoms with Gasteiger partial charge in [0.05, 0.1) is 12.8 Å². The summed E-state index contributed by atoms with van der Waals surface area (Å²) >= 11 is 6.03. The summed E-state index contributed by atoms with van der Waals surface area (Å²) in [7, 11) is 1.63. The van der Waals surface area contributed by atoms with Gasteiger partial charge in [-0.05, 0) is 56.0 Å². The van der Waals surface area contributed by atoms with Gasteiger partial charge in [-0.2, -0.15) is 0 Å². The fraction of sp³-hybridized carbons (Fsp3) is 0.611. The highest BCUT2D eigenvalue weighted by Crippen LogP contribution is 2.28. The molecule has 0 aliphatic carbocycles. The fourth-order valence-corrected chi connectivity index (χ4v) is 3.92. The Morgan fingerprint density at radius 3 is 2.71 bits per heavy atom. The van der Waals surface area contributed by atoms with Crippen molar-refractivity contribution in [1.29, 1.82) is 0 Å². The Morgan fingerprint density at radius 1 is 1.33 bits per heavy atom. The first kappa shape index (κ1) is 17.4. The lowest BCUT2D eigenvalue weighted by Crippen LogP contribution is -2.33. The van der Waals surface area contributed by atoms with E-state index >= 15 is 0 Å². The minimum Gasteiger partial charge on any atom is -0.495 e. The molecule has 132 valence electrons. The third-order valence-electron chi connectivity index (χ3n) is 5.19. The van der Waals surface area contributed by atoms with E-state index in [0.29, 0.717) is 18.0 Å². The van der Waals surface area contributed by atoms with E-state index in [0.717, 1.165) is 62.3 Å². The summed E-state index contributed by atoms with van der Waals surface area (Å²) in [5, 5.41) is 7.38. The Kier molecular flexibility index (Phi) is 5.85. The molecular weight excluding hydrogens is 326 g/mol. The van der Waals surface area contributed by atoms with E-state index in [1.165, 1.54) is 0 Å². The average molecular weight is 352 g/mol. The SMILES string of the molecule is COc1ccc(Cl)cc1NCCC(=O)N1CC[C@@H]2CNC[C@@H]2CC1. The molecule has 0 bridgehead atoms. The second-order valence-corrected chi connectivity index (χ2v) is 7.09. The zero-order valence-electron chi connectivity index (χ0n) is 14.2. The van der Waals surface area contributed by atoms with E-state index in [9.17, 15) is 4.79 Å². The number of ether oxygens (including phenoxy) is 1. The van der Waals surface area contributed by atoms with Crippen molar-refractivity contribution in [2.24, 2.45) is 11.8 Å². The highest BCUT2D eigenvalue weighted by atomic mass is 35.5. The number of carbonyl (C=O) groups is 1. The number of rotatable bonds is 5. The standard InChI is InChI=1S/C18H26ClN3O2/c1-24-17-3-2-15(19)10-16(17)21-7-4-18(23)22-8-5-13-11-20-12-14(13)6-9-22/h2-3,10,13-14,20-21H,4-9,11-12H2,1H3/t13-,14+. The van der Waals surface area contributed by atoms with Gasteiger partial charge >= 0.3 is 0 Å². The molecule has 0 aromatic heterocycles. The Bertz CT molecular complexity index is 567. The first-order chi connectivity index (χ1) is 11.7. The van der Waals surface area contributed by atoms with E-state index in [1.807, 2.05) is 17.0 Å². The van der Waals surface area contributed by atoms with Crippen LogP contribution >= 0.6 is 11.6 Å². The van der Waals surface area contributed by atoms with Crippen molar-refractivity contribution in [3.63, 3.8) is 0 Å². The molecule has 5 nitrogen and oxygen atoms in total. The molecule has 0 saturated carbocycles. The molecule has 0 spiro atoms. The van der Waals surface area contributed by atoms with Gasteiger partial charge in [0, 0.05) is 31.1 Å². The normalized spacial score (nSPS) is 23.5. The number of nitrogens with zero attached hydrogens (tertiary/aromatic N) is 1. The smallest absolute Gasteiger partial charge is 0.224 e. The first-order valence-corrected chi connectivity index (χ1v) is 9.11. The van der Waals surface area contributed by atoms with Crippen molar-refractivity contribution in [1.82, 2.24) is 10.2 Å². The van der Waals surface area contributed by atoms with E-state index in [1.54, 1.807) is 13.2 Å². The maximum absolute atomic E-state index is 12.5. The maximum atomic E-state index is 12.5. The molecule has 6 heteroatoms. The quantitative estimate of drug-likeness (QED) is 0.856. The van der Waals surface area contributed by atoms with Gasteiger partial charge in [-0.15, -0.1) is 0 Å². The molecule has 3 rings (SSSR count). The van der Waals surface area contributed by atoms with Gasteiger partial charge in [0.25, 0.3) is 0 Å². The van der Waals surface area contributed by atoms with Crippen LogP contribution in [0.4, 0.5) is 5.69 Å². The first-order valence-electron chi connectivity index (χ1n) is 8.73. The molecule has 2 atom stereocenters. The van der Waals surface area contributed by atoms with Gasteiger partial charge < -0.3 is 20.3 Å². The molecular formula is C18H26ClN3O2. The van der Waals surface area contributed by atoms with Gasteiger partial charge in [-0.3, -0.25) is 4.79 Å². The van der Waals surface area contributed by atoms with Gasteiger partial charge in [0.15, 0.2) is 0 Å². The highest BCUT2D eigenvalue weighted by molar-refractivity contribution is 6.30. The Labute approximate surface area is 148 Å². The highest BCUT2D eigenvalue weighted by Gasteiger charge is 2.31. The summed E-state index contributed by atoms with van der Waals surface area (Å²) in [6, 6.07) is 5.44. The number of halogens is 1. The van der Waals surface area contributed by atoms with Crippen molar-refractivity contribution >= 4 is 23.2 Å². The van der Waals surface area contributed by atoms with Crippen LogP contribution in [0.5, 0.6) is 5.75 Å². The van der Waals surface area contributed by atoms with Crippen molar-refractivity contribution in [3.8, 4) is 5.75 Å². The fourth-order valence-electron chi connectivity index (χ4n) is 3.75. The van der Waals surface area contributed by atoms with Crippen LogP contribution in [-0.4, -0.2) is 50.6 Å². The number of fused-ring (bicyclic) bond motifs is 1. The number of anilines is 1. The van der Waals surface area contributed by atoms with Crippen LogP contribution in [0, 0.1) is 11.8 Å². The molecule has 24 heavy (non-hydrogen) atoms. The van der Waals surface area contributed by atoms with Gasteiger partial charge in [-0.1, -0.05) is 11.6 Å². The van der Waals surface area contributed by atoms with E-state index in [-0.39, 0.29) is 5.91 Å². The van der Waals surface area contributed by atoms with Crippen molar-refractivity contribution in [2.75, 3.05) is 45.2 Å². The van der Waals surface area contributed by atoms with Crippen LogP contribution in [0.1, 0.15) is 19.3 Å². The number of nitrogens with one attached hydrogen (secondary N) is 2. The van der Waals surface area contributed by atoms with Crippen LogP contribution in [0.25, 0.3) is 0 Å². The van der Waals surface area contributed by atoms with Gasteiger partial charge in [0.1, 0.15) is 5.75 Å². The molecule has 2 saturated heterocycles. The van der Waals surface area contributed by atoms with Gasteiger partial charge in [0.2, 0.25) is 5.91 Å². The Hall–Kier alpha value is -1.46. The number of likely N-dealkylation sites (tertiary alicyclic amines) is 1. The predicted molar refractivity (Wildman–Crippen MR) is 96.8 cm³/mol. The largest absolute Gasteiger partial charge is 0.495 e. The van der Waals surface area contributed by atoms with Crippen LogP contribution in [0.15, 0.2) is 18.2 Å². The molecule has 2 N–H and O–H groups in total. The zero-order valence-corrected chi connectivity index (χ0v) is 14.9. The number of hydrogen-bond donors (Lipinski definition) is 2. The van der Waals surface area contributed by atoms with Crippen molar-refractivity contribution in [2.45, 2.75) is 19.3 Å². The lowest BCUT2D eigenvalue weighted by Gasteiger charge is -2.21. The molecule has 0 radical (unpaired) electrons. The minimum absolute atomic E-state index is 0.233. The monoisotopic (exact) mass is 351 g/mol. The molecule has 0 unspecified atom stereocenters. The molecule has 2 heterocycles. The summed E-state index contributed by atoms with van der Waals surface area (Å²) < 4.78 is 5.31. The summed E-state index contributed by atoms with van der Waals surface area (Å²) in [6.07, 6.45) is 2.74.